The first-order valence-electron chi connectivity index (χ1n) is 14.0. The molecule has 0 amide bonds. The van der Waals surface area contributed by atoms with Crippen LogP contribution in [0, 0.1) is 27.7 Å². The van der Waals surface area contributed by atoms with Gasteiger partial charge in [-0.1, -0.05) is 27.7 Å². The summed E-state index contributed by atoms with van der Waals surface area (Å²) in [5.74, 6) is 0. The Bertz CT molecular complexity index is 1420. The first-order chi connectivity index (χ1) is 17.6. The molecule has 4 heterocycles. The zero-order valence-electron chi connectivity index (χ0n) is 24.6. The highest BCUT2D eigenvalue weighted by Gasteiger charge is 2.26. The van der Waals surface area contributed by atoms with Gasteiger partial charge in [-0.2, -0.15) is 0 Å². The van der Waals surface area contributed by atoms with Crippen LogP contribution in [0.4, 0.5) is 0 Å². The number of aromatic nitrogens is 2. The number of hydrogen-bond acceptors (Lipinski definition) is 2. The van der Waals surface area contributed by atoms with Crippen LogP contribution in [0.15, 0.2) is 43.7 Å². The predicted molar refractivity (Wildman–Crippen MR) is 161 cm³/mol. The lowest BCUT2D eigenvalue weighted by Crippen LogP contribution is -2.09. The number of aliphatic imine (C=N–C) groups is 2. The van der Waals surface area contributed by atoms with Crippen LogP contribution >= 0.6 is 0 Å². The minimum Gasteiger partial charge on any atom is -0.359 e. The van der Waals surface area contributed by atoms with Gasteiger partial charge in [0, 0.05) is 29.2 Å². The zero-order chi connectivity index (χ0) is 27.0. The summed E-state index contributed by atoms with van der Waals surface area (Å²) in [5, 5.41) is 0. The van der Waals surface area contributed by atoms with Crippen LogP contribution in [-0.2, 0) is 12.8 Å². The second-order valence-corrected chi connectivity index (χ2v) is 10.5. The molecule has 0 radical (unpaired) electrons. The predicted octanol–water partition coefficient (Wildman–Crippen LogP) is 8.84. The third-order valence-corrected chi connectivity index (χ3v) is 8.46. The SMILES string of the molecule is CCC1=C(C)/C(=C/c2[nH]c(C)c(CC)c2C)N=C1CC1=N/C(=C/c2[nH]c(C)c(CC)c2C)C(CC)=C1C. The first-order valence-corrected chi connectivity index (χ1v) is 14.0. The van der Waals surface area contributed by atoms with E-state index in [9.17, 15) is 0 Å². The molecule has 4 heteroatoms. The van der Waals surface area contributed by atoms with E-state index >= 15 is 0 Å². The Kier molecular flexibility index (Phi) is 7.77. The number of nitrogens with zero attached hydrogens (tertiary/aromatic N) is 2. The summed E-state index contributed by atoms with van der Waals surface area (Å²) in [7, 11) is 0. The molecule has 0 aromatic carbocycles. The quantitative estimate of drug-likeness (QED) is 0.367. The fraction of sp³-hybridized carbons (Fsp3) is 0.455. The van der Waals surface area contributed by atoms with Crippen molar-refractivity contribution in [3.63, 3.8) is 0 Å². The van der Waals surface area contributed by atoms with E-state index in [1.807, 2.05) is 0 Å². The van der Waals surface area contributed by atoms with E-state index in [1.165, 1.54) is 67.3 Å². The molecule has 0 fully saturated rings. The van der Waals surface area contributed by atoms with Crippen molar-refractivity contribution in [2.75, 3.05) is 0 Å². The van der Waals surface area contributed by atoms with Gasteiger partial charge in [-0.05, 0) is 124 Å². The molecular weight excluding hydrogens is 452 g/mol. The summed E-state index contributed by atoms with van der Waals surface area (Å²) >= 11 is 0. The molecule has 2 aromatic rings. The van der Waals surface area contributed by atoms with E-state index in [1.54, 1.807) is 0 Å². The minimum atomic E-state index is 0.774. The highest BCUT2D eigenvalue weighted by atomic mass is 14.8. The maximum atomic E-state index is 5.18. The molecule has 4 rings (SSSR count). The van der Waals surface area contributed by atoms with Crippen LogP contribution in [-0.4, -0.2) is 21.4 Å². The summed E-state index contributed by atoms with van der Waals surface area (Å²) in [6.07, 6.45) is 9.31. The fourth-order valence-electron chi connectivity index (χ4n) is 6.24. The Morgan fingerprint density at radius 3 is 1.51 bits per heavy atom. The molecule has 196 valence electrons. The van der Waals surface area contributed by atoms with Crippen molar-refractivity contribution in [1.82, 2.24) is 9.97 Å². The lowest BCUT2D eigenvalue weighted by atomic mass is 9.95. The molecule has 2 aliphatic rings. The van der Waals surface area contributed by atoms with E-state index in [0.717, 1.165) is 54.9 Å². The van der Waals surface area contributed by atoms with Crippen LogP contribution in [0.5, 0.6) is 0 Å². The fourth-order valence-corrected chi connectivity index (χ4v) is 6.24. The monoisotopic (exact) mass is 496 g/mol. The van der Waals surface area contributed by atoms with Crippen LogP contribution in [0.1, 0.15) is 106 Å². The molecule has 0 atom stereocenters. The molecule has 2 aromatic heterocycles. The van der Waals surface area contributed by atoms with E-state index in [4.69, 9.17) is 9.98 Å². The molecule has 37 heavy (non-hydrogen) atoms. The number of H-pyrrole nitrogens is 2. The number of allylic oxidation sites excluding steroid dienone is 4. The second-order valence-electron chi connectivity index (χ2n) is 10.5. The number of hydrogen-bond donors (Lipinski definition) is 2. The Balaban J connectivity index is 1.70. The Hall–Kier alpha value is -3.14. The topological polar surface area (TPSA) is 56.3 Å². The minimum absolute atomic E-state index is 0.774. The molecule has 2 N–H and O–H groups in total. The smallest absolute Gasteiger partial charge is 0.0689 e. The van der Waals surface area contributed by atoms with Crippen molar-refractivity contribution in [2.24, 2.45) is 9.98 Å². The van der Waals surface area contributed by atoms with Crippen molar-refractivity contribution < 1.29 is 0 Å². The summed E-state index contributed by atoms with van der Waals surface area (Å²) in [5.41, 5.74) is 20.2. The van der Waals surface area contributed by atoms with Gasteiger partial charge in [0.1, 0.15) is 0 Å². The summed E-state index contributed by atoms with van der Waals surface area (Å²) in [4.78, 5) is 17.5. The zero-order valence-corrected chi connectivity index (χ0v) is 24.6. The lowest BCUT2D eigenvalue weighted by molar-refractivity contribution is 1.08. The van der Waals surface area contributed by atoms with Crippen LogP contribution in [0.25, 0.3) is 12.2 Å². The van der Waals surface area contributed by atoms with Crippen molar-refractivity contribution >= 4 is 23.6 Å². The van der Waals surface area contributed by atoms with Crippen molar-refractivity contribution in [2.45, 2.75) is 101 Å². The van der Waals surface area contributed by atoms with Crippen molar-refractivity contribution in [3.05, 3.63) is 78.7 Å². The van der Waals surface area contributed by atoms with Gasteiger partial charge < -0.3 is 9.97 Å². The average molecular weight is 497 g/mol. The number of rotatable bonds is 8. The average Bonchev–Trinajstić information content (AvgIpc) is 3.51. The molecule has 2 aliphatic heterocycles. The normalized spacial score (nSPS) is 18.2. The van der Waals surface area contributed by atoms with Gasteiger partial charge in [0.05, 0.1) is 22.8 Å². The Labute approximate surface area is 223 Å². The summed E-state index contributed by atoms with van der Waals surface area (Å²) in [6.45, 7) is 22.1. The number of aromatic amines is 2. The van der Waals surface area contributed by atoms with Crippen LogP contribution in [0.3, 0.4) is 0 Å². The first kappa shape index (κ1) is 26.9. The van der Waals surface area contributed by atoms with Gasteiger partial charge in [-0.25, -0.2) is 0 Å². The largest absolute Gasteiger partial charge is 0.359 e. The van der Waals surface area contributed by atoms with Crippen LogP contribution in [0.2, 0.25) is 0 Å². The van der Waals surface area contributed by atoms with Gasteiger partial charge in [0.15, 0.2) is 0 Å². The molecule has 0 bridgehead atoms. The van der Waals surface area contributed by atoms with E-state index in [-0.39, 0.29) is 0 Å². The van der Waals surface area contributed by atoms with Gasteiger partial charge in [-0.15, -0.1) is 0 Å². The number of aryl methyl sites for hydroxylation is 2. The third-order valence-electron chi connectivity index (χ3n) is 8.46. The van der Waals surface area contributed by atoms with Gasteiger partial charge in [0.2, 0.25) is 0 Å². The highest BCUT2D eigenvalue weighted by Crippen LogP contribution is 2.36. The Morgan fingerprint density at radius 1 is 0.568 bits per heavy atom. The van der Waals surface area contributed by atoms with E-state index in [0.29, 0.717) is 0 Å². The number of nitrogens with one attached hydrogen (secondary N) is 2. The van der Waals surface area contributed by atoms with Gasteiger partial charge in [0.25, 0.3) is 0 Å². The molecule has 4 nitrogen and oxygen atoms in total. The maximum absolute atomic E-state index is 5.18. The standard InChI is InChI=1S/C33H44N4/c1-11-24-18(5)28(34-22(24)9)15-30-20(7)26(13-3)33(36-30)17-31-21(8)27(14-4)32(37-31)16-29-19(6)25(12-2)23(10)35-29/h15-16,34-35H,11-14,17H2,1-10H3/b30-15-,32-16+. The van der Waals surface area contributed by atoms with Crippen LogP contribution < -0.4 is 0 Å². The molecule has 0 saturated carbocycles. The maximum Gasteiger partial charge on any atom is 0.0689 e. The molecule has 0 saturated heterocycles. The Morgan fingerprint density at radius 2 is 1.05 bits per heavy atom. The van der Waals surface area contributed by atoms with Crippen molar-refractivity contribution in [1.29, 1.82) is 0 Å². The molecule has 0 aliphatic carbocycles. The molecule has 0 unspecified atom stereocenters. The molecule has 0 spiro atoms. The van der Waals surface area contributed by atoms with Crippen molar-refractivity contribution in [3.8, 4) is 0 Å². The highest BCUT2D eigenvalue weighted by molar-refractivity contribution is 6.21. The summed E-state index contributed by atoms with van der Waals surface area (Å²) in [6, 6.07) is 0. The van der Waals surface area contributed by atoms with E-state index < -0.39 is 0 Å². The third kappa shape index (κ3) is 4.79. The van der Waals surface area contributed by atoms with Gasteiger partial charge in [-0.3, -0.25) is 9.98 Å². The second kappa shape index (κ2) is 10.7. The van der Waals surface area contributed by atoms with E-state index in [2.05, 4.69) is 91.4 Å². The van der Waals surface area contributed by atoms with Gasteiger partial charge >= 0.3 is 0 Å². The molecular formula is C33H44N4. The lowest BCUT2D eigenvalue weighted by Gasteiger charge is -2.07. The summed E-state index contributed by atoms with van der Waals surface area (Å²) < 4.78 is 0.